The van der Waals surface area contributed by atoms with Crippen molar-refractivity contribution in [2.75, 3.05) is 6.54 Å². The molecule has 1 fully saturated rings. The van der Waals surface area contributed by atoms with Crippen LogP contribution in [0.2, 0.25) is 0 Å². The monoisotopic (exact) mass is 300 g/mol. The smallest absolute Gasteiger partial charge is 0.353 e. The van der Waals surface area contributed by atoms with Crippen LogP contribution in [0.5, 0.6) is 0 Å². The number of halogens is 3. The van der Waals surface area contributed by atoms with Gasteiger partial charge in [-0.2, -0.15) is 13.2 Å². The van der Waals surface area contributed by atoms with Gasteiger partial charge in [0.05, 0.1) is 5.56 Å². The van der Waals surface area contributed by atoms with Gasteiger partial charge in [-0.1, -0.05) is 12.1 Å². The lowest BCUT2D eigenvalue weighted by atomic mass is 10.1. The molecule has 1 amide bonds. The van der Waals surface area contributed by atoms with Crippen LogP contribution in [0, 0.1) is 0 Å². The number of benzene rings is 1. The molecule has 1 aliphatic carbocycles. The Labute approximate surface area is 121 Å². The van der Waals surface area contributed by atoms with Crippen LogP contribution in [0.3, 0.4) is 0 Å². The lowest BCUT2D eigenvalue weighted by molar-refractivity contribution is -0.137. The molecule has 0 spiro atoms. The van der Waals surface area contributed by atoms with E-state index in [0.29, 0.717) is 19.0 Å². The first-order valence-electron chi connectivity index (χ1n) is 7.06. The van der Waals surface area contributed by atoms with Crippen molar-refractivity contribution in [1.29, 1.82) is 0 Å². The van der Waals surface area contributed by atoms with E-state index in [-0.39, 0.29) is 11.9 Å². The van der Waals surface area contributed by atoms with Gasteiger partial charge in [-0.3, -0.25) is 4.79 Å². The summed E-state index contributed by atoms with van der Waals surface area (Å²) >= 11 is 0. The Bertz CT molecular complexity index is 481. The molecule has 3 nitrogen and oxygen atoms in total. The Morgan fingerprint density at radius 3 is 2.43 bits per heavy atom. The second-order valence-electron chi connectivity index (χ2n) is 5.39. The third-order valence-corrected chi connectivity index (χ3v) is 3.48. The molecule has 2 N–H and O–H groups in total. The zero-order valence-electron chi connectivity index (χ0n) is 11.8. The number of hydrogen-bond donors (Lipinski definition) is 2. The minimum absolute atomic E-state index is 0.0182. The number of carbonyl (C=O) groups excluding carboxylic acids is 1. The van der Waals surface area contributed by atoms with Crippen molar-refractivity contribution in [3.05, 3.63) is 35.4 Å². The van der Waals surface area contributed by atoms with Crippen LogP contribution in [-0.4, -0.2) is 18.5 Å². The molecule has 6 heteroatoms. The van der Waals surface area contributed by atoms with Gasteiger partial charge in [0, 0.05) is 25.0 Å². The lowest BCUT2D eigenvalue weighted by Gasteiger charge is -2.15. The summed E-state index contributed by atoms with van der Waals surface area (Å²) in [6, 6.07) is 5.33. The fourth-order valence-electron chi connectivity index (χ4n) is 2.01. The Kier molecular flexibility index (Phi) is 4.88. The van der Waals surface area contributed by atoms with Crippen molar-refractivity contribution in [2.24, 2.45) is 0 Å². The summed E-state index contributed by atoms with van der Waals surface area (Å²) in [5.74, 6) is 0.0182. The minimum Gasteiger partial charge on any atom is -0.353 e. The molecule has 0 saturated heterocycles. The number of amides is 1. The third kappa shape index (κ3) is 5.04. The molecule has 1 aliphatic rings. The first kappa shape index (κ1) is 15.8. The highest BCUT2D eigenvalue weighted by Crippen LogP contribution is 2.29. The van der Waals surface area contributed by atoms with Crippen LogP contribution in [0.4, 0.5) is 13.2 Å². The van der Waals surface area contributed by atoms with E-state index in [1.165, 1.54) is 12.1 Å². The molecule has 21 heavy (non-hydrogen) atoms. The normalized spacial score (nSPS) is 16.6. The van der Waals surface area contributed by atoms with E-state index < -0.39 is 11.7 Å². The van der Waals surface area contributed by atoms with Crippen LogP contribution in [0.1, 0.15) is 43.4 Å². The Morgan fingerprint density at radius 1 is 1.29 bits per heavy atom. The van der Waals surface area contributed by atoms with E-state index in [2.05, 4.69) is 10.6 Å². The predicted molar refractivity (Wildman–Crippen MR) is 73.6 cm³/mol. The van der Waals surface area contributed by atoms with Gasteiger partial charge in [-0.15, -0.1) is 0 Å². The molecule has 116 valence electrons. The van der Waals surface area contributed by atoms with E-state index in [9.17, 15) is 18.0 Å². The van der Waals surface area contributed by atoms with Crippen molar-refractivity contribution in [3.8, 4) is 0 Å². The maximum atomic E-state index is 12.5. The average Bonchev–Trinajstić information content (AvgIpc) is 3.21. The largest absolute Gasteiger partial charge is 0.416 e. The Balaban J connectivity index is 1.77. The van der Waals surface area contributed by atoms with Crippen LogP contribution in [0.15, 0.2) is 24.3 Å². The average molecular weight is 300 g/mol. The summed E-state index contributed by atoms with van der Waals surface area (Å²) in [7, 11) is 0. The molecular weight excluding hydrogens is 281 g/mol. The quantitative estimate of drug-likeness (QED) is 0.848. The van der Waals surface area contributed by atoms with Crippen LogP contribution >= 0.6 is 0 Å². The van der Waals surface area contributed by atoms with Gasteiger partial charge in [0.2, 0.25) is 5.91 Å². The maximum absolute atomic E-state index is 12.5. The van der Waals surface area contributed by atoms with Crippen molar-refractivity contribution >= 4 is 5.91 Å². The summed E-state index contributed by atoms with van der Waals surface area (Å²) in [5, 5.41) is 6.03. The molecule has 1 aromatic rings. The van der Waals surface area contributed by atoms with E-state index in [1.807, 2.05) is 6.92 Å². The zero-order chi connectivity index (χ0) is 15.5. The Hall–Kier alpha value is -1.56. The molecule has 0 bridgehead atoms. The Morgan fingerprint density at radius 2 is 1.90 bits per heavy atom. The standard InChI is InChI=1S/C15H19F3N2O/c1-10(19-9-8-14(21)20-13-6-7-13)11-2-4-12(5-3-11)15(16,17)18/h2-5,10,13,19H,6-9H2,1H3,(H,20,21). The zero-order valence-corrected chi connectivity index (χ0v) is 11.8. The van der Waals surface area contributed by atoms with Gasteiger partial charge in [-0.25, -0.2) is 0 Å². The highest BCUT2D eigenvalue weighted by atomic mass is 19.4. The summed E-state index contributed by atoms with van der Waals surface area (Å²) in [4.78, 5) is 11.5. The first-order valence-corrected chi connectivity index (χ1v) is 7.06. The van der Waals surface area contributed by atoms with Crippen molar-refractivity contribution in [1.82, 2.24) is 10.6 Å². The van der Waals surface area contributed by atoms with E-state index in [1.54, 1.807) is 0 Å². The predicted octanol–water partition coefficient (Wildman–Crippen LogP) is 3.02. The second kappa shape index (κ2) is 6.47. The molecule has 2 rings (SSSR count). The summed E-state index contributed by atoms with van der Waals surface area (Å²) in [5.41, 5.74) is 0.118. The number of carbonyl (C=O) groups is 1. The van der Waals surface area contributed by atoms with Crippen molar-refractivity contribution in [3.63, 3.8) is 0 Å². The van der Waals surface area contributed by atoms with Crippen molar-refractivity contribution < 1.29 is 18.0 Å². The van der Waals surface area contributed by atoms with Gasteiger partial charge in [-0.05, 0) is 37.5 Å². The van der Waals surface area contributed by atoms with Crippen molar-refractivity contribution in [2.45, 2.75) is 44.4 Å². The van der Waals surface area contributed by atoms with Gasteiger partial charge in [0.15, 0.2) is 0 Å². The van der Waals surface area contributed by atoms with E-state index in [0.717, 1.165) is 30.5 Å². The number of nitrogens with one attached hydrogen (secondary N) is 2. The highest BCUT2D eigenvalue weighted by Gasteiger charge is 2.30. The van der Waals surface area contributed by atoms with E-state index in [4.69, 9.17) is 0 Å². The van der Waals surface area contributed by atoms with Gasteiger partial charge >= 0.3 is 6.18 Å². The van der Waals surface area contributed by atoms with Crippen LogP contribution in [0.25, 0.3) is 0 Å². The van der Waals surface area contributed by atoms with Crippen LogP contribution in [-0.2, 0) is 11.0 Å². The maximum Gasteiger partial charge on any atom is 0.416 e. The fourth-order valence-corrected chi connectivity index (χ4v) is 2.01. The van der Waals surface area contributed by atoms with E-state index >= 15 is 0 Å². The molecule has 0 heterocycles. The van der Waals surface area contributed by atoms with Gasteiger partial charge in [0.1, 0.15) is 0 Å². The topological polar surface area (TPSA) is 41.1 Å². The molecular formula is C15H19F3N2O. The summed E-state index contributed by atoms with van der Waals surface area (Å²) in [6.07, 6.45) is -1.82. The second-order valence-corrected chi connectivity index (χ2v) is 5.39. The number of rotatable bonds is 6. The third-order valence-electron chi connectivity index (χ3n) is 3.48. The fraction of sp³-hybridized carbons (Fsp3) is 0.533. The van der Waals surface area contributed by atoms with Crippen LogP contribution < -0.4 is 10.6 Å². The SMILES string of the molecule is CC(NCCC(=O)NC1CC1)c1ccc(C(F)(F)F)cc1. The number of hydrogen-bond acceptors (Lipinski definition) is 2. The van der Waals surface area contributed by atoms with Gasteiger partial charge < -0.3 is 10.6 Å². The molecule has 1 unspecified atom stereocenters. The molecule has 1 atom stereocenters. The summed E-state index contributed by atoms with van der Waals surface area (Å²) in [6.45, 7) is 2.36. The van der Waals surface area contributed by atoms with Gasteiger partial charge in [0.25, 0.3) is 0 Å². The molecule has 1 saturated carbocycles. The molecule has 0 aliphatic heterocycles. The molecule has 0 radical (unpaired) electrons. The molecule has 0 aromatic heterocycles. The number of alkyl halides is 3. The minimum atomic E-state index is -4.31. The molecule has 1 aromatic carbocycles. The lowest BCUT2D eigenvalue weighted by Crippen LogP contribution is -2.30. The highest BCUT2D eigenvalue weighted by molar-refractivity contribution is 5.76. The summed E-state index contributed by atoms with van der Waals surface area (Å²) < 4.78 is 37.4. The first-order chi connectivity index (χ1) is 9.86.